The van der Waals surface area contributed by atoms with Crippen LogP contribution in [0.2, 0.25) is 0 Å². The van der Waals surface area contributed by atoms with Crippen molar-refractivity contribution in [2.24, 2.45) is 0 Å². The van der Waals surface area contributed by atoms with Crippen molar-refractivity contribution in [3.8, 4) is 6.07 Å². The molecule has 0 spiro atoms. The lowest BCUT2D eigenvalue weighted by atomic mass is 10.2. The lowest BCUT2D eigenvalue weighted by molar-refractivity contribution is 0.243. The summed E-state index contributed by atoms with van der Waals surface area (Å²) in [6.07, 6.45) is 3.20. The summed E-state index contributed by atoms with van der Waals surface area (Å²) in [4.78, 5) is 16.3. The molecule has 0 aliphatic carbocycles. The minimum absolute atomic E-state index is 0.188. The molecular formula is C14H17N5O. The van der Waals surface area contributed by atoms with Crippen molar-refractivity contribution >= 4 is 23.0 Å². The van der Waals surface area contributed by atoms with Crippen molar-refractivity contribution in [3.05, 3.63) is 24.3 Å². The highest BCUT2D eigenvalue weighted by Gasteiger charge is 2.13. The van der Waals surface area contributed by atoms with Gasteiger partial charge in [0.2, 0.25) is 5.95 Å². The summed E-state index contributed by atoms with van der Waals surface area (Å²) in [7, 11) is 0. The van der Waals surface area contributed by atoms with Crippen molar-refractivity contribution < 1.29 is 4.79 Å². The second-order valence-electron chi connectivity index (χ2n) is 4.49. The Bertz CT molecular complexity index is 641. The van der Waals surface area contributed by atoms with E-state index in [-0.39, 0.29) is 12.0 Å². The standard InChI is InChI=1S/C14H17N5O/c15-9-5-1-2-6-10-17-14(20)19-12-8-4-3-7-11(12)18-13(19)16/h3-4,7-8H,1-2,5-6,10H2,(H2,16,18)(H,17,20). The molecule has 2 rings (SSSR count). The van der Waals surface area contributed by atoms with Gasteiger partial charge in [0, 0.05) is 13.0 Å². The molecule has 0 saturated heterocycles. The SMILES string of the molecule is N#CCCCCCNC(=O)n1c(N)nc2ccccc21. The van der Waals surface area contributed by atoms with Gasteiger partial charge in [0.25, 0.3) is 0 Å². The maximum absolute atomic E-state index is 12.1. The van der Waals surface area contributed by atoms with Crippen molar-refractivity contribution in [1.29, 1.82) is 5.26 Å². The number of nitrogens with zero attached hydrogens (tertiary/aromatic N) is 3. The van der Waals surface area contributed by atoms with Crippen LogP contribution in [0.5, 0.6) is 0 Å². The van der Waals surface area contributed by atoms with Gasteiger partial charge in [0.1, 0.15) is 0 Å². The second kappa shape index (κ2) is 6.57. The Hall–Kier alpha value is -2.55. The average molecular weight is 271 g/mol. The molecule has 2 aromatic rings. The molecule has 0 bridgehead atoms. The lowest BCUT2D eigenvalue weighted by Crippen LogP contribution is -2.30. The molecule has 0 atom stereocenters. The number of nitrogen functional groups attached to an aromatic ring is 1. The smallest absolute Gasteiger partial charge is 0.328 e. The number of carbonyl (C=O) groups is 1. The van der Waals surface area contributed by atoms with Gasteiger partial charge in [-0.1, -0.05) is 18.6 Å². The lowest BCUT2D eigenvalue weighted by Gasteiger charge is -2.07. The first-order valence-electron chi connectivity index (χ1n) is 6.62. The van der Waals surface area contributed by atoms with Crippen LogP contribution in [0.1, 0.15) is 25.7 Å². The number of rotatable bonds is 5. The fraction of sp³-hybridized carbons (Fsp3) is 0.357. The zero-order chi connectivity index (χ0) is 14.4. The minimum atomic E-state index is -0.267. The zero-order valence-corrected chi connectivity index (χ0v) is 11.2. The number of anilines is 1. The summed E-state index contributed by atoms with van der Waals surface area (Å²) in [5.74, 6) is 0.188. The third kappa shape index (κ3) is 3.06. The summed E-state index contributed by atoms with van der Waals surface area (Å²) in [5, 5.41) is 11.2. The normalized spacial score (nSPS) is 10.3. The number of carbonyl (C=O) groups excluding carboxylic acids is 1. The molecule has 3 N–H and O–H groups in total. The van der Waals surface area contributed by atoms with E-state index in [1.165, 1.54) is 4.57 Å². The van der Waals surface area contributed by atoms with Crippen molar-refractivity contribution in [2.75, 3.05) is 12.3 Å². The van der Waals surface area contributed by atoms with Crippen LogP contribution in [0.4, 0.5) is 10.7 Å². The number of nitriles is 1. The minimum Gasteiger partial charge on any atom is -0.369 e. The summed E-state index contributed by atoms with van der Waals surface area (Å²) in [5.41, 5.74) is 7.18. The Kier molecular flexibility index (Phi) is 4.56. The Morgan fingerprint density at radius 3 is 2.95 bits per heavy atom. The molecule has 0 fully saturated rings. The molecule has 0 aliphatic rings. The van der Waals surface area contributed by atoms with Crippen LogP contribution in [0.3, 0.4) is 0 Å². The molecule has 0 radical (unpaired) electrons. The van der Waals surface area contributed by atoms with Gasteiger partial charge in [-0.15, -0.1) is 0 Å². The van der Waals surface area contributed by atoms with Crippen LogP contribution in [0, 0.1) is 11.3 Å². The van der Waals surface area contributed by atoms with Gasteiger partial charge in [-0.05, 0) is 25.0 Å². The van der Waals surface area contributed by atoms with Gasteiger partial charge in [-0.2, -0.15) is 5.26 Å². The molecular weight excluding hydrogens is 254 g/mol. The van der Waals surface area contributed by atoms with Crippen molar-refractivity contribution in [2.45, 2.75) is 25.7 Å². The number of fused-ring (bicyclic) bond motifs is 1. The van der Waals surface area contributed by atoms with E-state index in [1.54, 1.807) is 0 Å². The Labute approximate surface area is 117 Å². The maximum Gasteiger partial charge on any atom is 0.328 e. The molecule has 1 amide bonds. The molecule has 0 saturated carbocycles. The van der Waals surface area contributed by atoms with E-state index in [0.717, 1.165) is 19.3 Å². The zero-order valence-electron chi connectivity index (χ0n) is 11.2. The van der Waals surface area contributed by atoms with Crippen molar-refractivity contribution in [1.82, 2.24) is 14.9 Å². The van der Waals surface area contributed by atoms with Gasteiger partial charge >= 0.3 is 6.03 Å². The summed E-state index contributed by atoms with van der Waals surface area (Å²) in [6, 6.07) is 9.16. The Morgan fingerprint density at radius 1 is 1.35 bits per heavy atom. The van der Waals surface area contributed by atoms with Gasteiger partial charge in [0.15, 0.2) is 0 Å². The van der Waals surface area contributed by atoms with Crippen LogP contribution in [-0.4, -0.2) is 22.1 Å². The number of aromatic nitrogens is 2. The maximum atomic E-state index is 12.1. The quantitative estimate of drug-likeness (QED) is 0.815. The highest BCUT2D eigenvalue weighted by atomic mass is 16.2. The molecule has 20 heavy (non-hydrogen) atoms. The first-order chi connectivity index (χ1) is 9.74. The van der Waals surface area contributed by atoms with Crippen LogP contribution in [0.15, 0.2) is 24.3 Å². The van der Waals surface area contributed by atoms with E-state index in [2.05, 4.69) is 16.4 Å². The fourth-order valence-electron chi connectivity index (χ4n) is 2.04. The molecule has 0 aliphatic heterocycles. The van der Waals surface area contributed by atoms with Crippen LogP contribution in [0.25, 0.3) is 11.0 Å². The molecule has 0 unspecified atom stereocenters. The number of nitrogens with one attached hydrogen (secondary N) is 1. The molecule has 6 heteroatoms. The first kappa shape index (κ1) is 13.9. The first-order valence-corrected chi connectivity index (χ1v) is 6.62. The predicted octanol–water partition coefficient (Wildman–Crippen LogP) is 2.26. The Balaban J connectivity index is 1.95. The topological polar surface area (TPSA) is 96.7 Å². The van der Waals surface area contributed by atoms with E-state index < -0.39 is 0 Å². The number of para-hydroxylation sites is 2. The number of benzene rings is 1. The molecule has 1 heterocycles. The summed E-state index contributed by atoms with van der Waals surface area (Å²) < 4.78 is 1.38. The second-order valence-corrected chi connectivity index (χ2v) is 4.49. The Morgan fingerprint density at radius 2 is 2.15 bits per heavy atom. The fourth-order valence-corrected chi connectivity index (χ4v) is 2.04. The van der Waals surface area contributed by atoms with Gasteiger partial charge in [-0.3, -0.25) is 0 Å². The average Bonchev–Trinajstić information content (AvgIpc) is 2.78. The van der Waals surface area contributed by atoms with Gasteiger partial charge in [0.05, 0.1) is 17.1 Å². The van der Waals surface area contributed by atoms with E-state index in [9.17, 15) is 4.79 Å². The van der Waals surface area contributed by atoms with Gasteiger partial charge in [-0.25, -0.2) is 14.3 Å². The number of unbranched alkanes of at least 4 members (excludes halogenated alkanes) is 3. The van der Waals surface area contributed by atoms with Crippen LogP contribution in [-0.2, 0) is 0 Å². The number of hydrogen-bond donors (Lipinski definition) is 2. The number of imidazole rings is 1. The largest absolute Gasteiger partial charge is 0.369 e. The molecule has 1 aromatic heterocycles. The summed E-state index contributed by atoms with van der Waals surface area (Å²) >= 11 is 0. The van der Waals surface area contributed by atoms with Crippen LogP contribution >= 0.6 is 0 Å². The number of amides is 1. The monoisotopic (exact) mass is 271 g/mol. The number of hydrogen-bond acceptors (Lipinski definition) is 4. The predicted molar refractivity (Wildman–Crippen MR) is 77.0 cm³/mol. The third-order valence-electron chi connectivity index (χ3n) is 3.03. The van der Waals surface area contributed by atoms with E-state index in [0.29, 0.717) is 24.0 Å². The third-order valence-corrected chi connectivity index (χ3v) is 3.03. The van der Waals surface area contributed by atoms with E-state index >= 15 is 0 Å². The van der Waals surface area contributed by atoms with E-state index in [4.69, 9.17) is 11.0 Å². The highest BCUT2D eigenvalue weighted by molar-refractivity contribution is 5.92. The van der Waals surface area contributed by atoms with Gasteiger partial charge < -0.3 is 11.1 Å². The van der Waals surface area contributed by atoms with Crippen LogP contribution < -0.4 is 11.1 Å². The summed E-state index contributed by atoms with van der Waals surface area (Å²) in [6.45, 7) is 0.566. The number of nitrogens with two attached hydrogens (primary N) is 1. The van der Waals surface area contributed by atoms with E-state index in [1.807, 2.05) is 24.3 Å². The molecule has 1 aromatic carbocycles. The molecule has 104 valence electrons. The highest BCUT2D eigenvalue weighted by Crippen LogP contribution is 2.16. The van der Waals surface area contributed by atoms with Crippen molar-refractivity contribution in [3.63, 3.8) is 0 Å². The molecule has 6 nitrogen and oxygen atoms in total.